The van der Waals surface area contributed by atoms with Crippen molar-refractivity contribution in [2.24, 2.45) is 0 Å². The Balaban J connectivity index is 0.00000264. The number of aromatic nitrogens is 1. The lowest BCUT2D eigenvalue weighted by molar-refractivity contribution is 0.00995. The van der Waals surface area contributed by atoms with E-state index < -0.39 is 12.9 Å². The van der Waals surface area contributed by atoms with E-state index in [-0.39, 0.29) is 25.6 Å². The zero-order valence-electron chi connectivity index (χ0n) is 12.4. The fourth-order valence-corrected chi connectivity index (χ4v) is 1.75. The van der Waals surface area contributed by atoms with Crippen molar-refractivity contribution < 1.29 is 27.7 Å². The van der Waals surface area contributed by atoms with Gasteiger partial charge in [-0.2, -0.15) is 4.39 Å². The normalized spacial score (nSPS) is 16.1. The zero-order chi connectivity index (χ0) is 15.6. The average molecular weight is 330 g/mol. The van der Waals surface area contributed by atoms with Gasteiger partial charge in [0.1, 0.15) is 6.61 Å². The molecule has 1 atom stereocenters. The van der Waals surface area contributed by atoms with Crippen LogP contribution < -0.4 is 4.74 Å². The predicted molar refractivity (Wildman–Crippen MR) is 84.3 cm³/mol. The molecule has 0 aliphatic carbocycles. The molecule has 1 aromatic heterocycles. The Morgan fingerprint density at radius 3 is 2.30 bits per heavy atom. The van der Waals surface area contributed by atoms with Gasteiger partial charge in [-0.3, -0.25) is 0 Å². The molecule has 1 aromatic rings. The van der Waals surface area contributed by atoms with Crippen LogP contribution in [0.25, 0.3) is 0 Å². The summed E-state index contributed by atoms with van der Waals surface area (Å²) in [5.41, 5.74) is 0. The maximum absolute atomic E-state index is 13.1. The fourth-order valence-electron chi connectivity index (χ4n) is 1.75. The summed E-state index contributed by atoms with van der Waals surface area (Å²) in [6, 6.07) is 3.12. The molecule has 0 radical (unpaired) electrons. The molecule has 1 aliphatic heterocycles. The molecular formula is C15H24BF2NO4. The van der Waals surface area contributed by atoms with Gasteiger partial charge in [-0.15, -0.1) is 0 Å². The topological polar surface area (TPSA) is 49.8 Å². The third kappa shape index (κ3) is 8.25. The first-order valence-electron chi connectivity index (χ1n) is 7.38. The van der Waals surface area contributed by atoms with Crippen molar-refractivity contribution in [1.29, 1.82) is 0 Å². The molecular weight excluding hydrogens is 306 g/mol. The van der Waals surface area contributed by atoms with Gasteiger partial charge >= 0.3 is 6.99 Å². The summed E-state index contributed by atoms with van der Waals surface area (Å²) in [5, 5.41) is 0. The Morgan fingerprint density at radius 2 is 1.70 bits per heavy atom. The summed E-state index contributed by atoms with van der Waals surface area (Å²) in [4.78, 5) is 3.48. The smallest absolute Gasteiger partial charge is 0.352 e. The standard InChI is InChI=1S/C14H20BF2NO4.CH4/c16-14-13(2-1-3-18-14)22-9-8-20-5-4-19-6-7-21-11-12-10-15(12)17;/h1-3,12H,4-11H2;1H4/i16-1;. The quantitative estimate of drug-likeness (QED) is 0.335. The van der Waals surface area contributed by atoms with Crippen molar-refractivity contribution >= 4 is 6.99 Å². The van der Waals surface area contributed by atoms with E-state index in [1.54, 1.807) is 6.07 Å². The number of ether oxygens (including phenoxy) is 4. The van der Waals surface area contributed by atoms with Gasteiger partial charge in [0.05, 0.1) is 33.0 Å². The monoisotopic (exact) mass is 330 g/mol. The molecule has 130 valence electrons. The number of hydrogen-bond donors (Lipinski definition) is 0. The molecule has 23 heavy (non-hydrogen) atoms. The van der Waals surface area contributed by atoms with Gasteiger partial charge < -0.3 is 23.3 Å². The molecule has 0 aromatic carbocycles. The van der Waals surface area contributed by atoms with Gasteiger partial charge in [0.15, 0.2) is 5.75 Å². The van der Waals surface area contributed by atoms with Crippen molar-refractivity contribution in [3.05, 3.63) is 24.3 Å². The summed E-state index contributed by atoms with van der Waals surface area (Å²) in [6.45, 7) is 2.19. The highest BCUT2D eigenvalue weighted by Crippen LogP contribution is 2.37. The van der Waals surface area contributed by atoms with Gasteiger partial charge in [0, 0.05) is 12.8 Å². The van der Waals surface area contributed by atoms with Crippen LogP contribution >= 0.6 is 0 Å². The number of hydrogen-bond acceptors (Lipinski definition) is 5. The molecule has 8 heteroatoms. The van der Waals surface area contributed by atoms with E-state index in [1.807, 2.05) is 0 Å². The lowest BCUT2D eigenvalue weighted by Gasteiger charge is -2.08. The van der Waals surface area contributed by atoms with Crippen LogP contribution in [0.2, 0.25) is 12.1 Å². The highest BCUT2D eigenvalue weighted by atomic mass is 19.1. The minimum absolute atomic E-state index is 0. The third-order valence-electron chi connectivity index (χ3n) is 3.12. The number of nitrogens with zero attached hydrogens (tertiary/aromatic N) is 1. The zero-order valence-corrected chi connectivity index (χ0v) is 12.4. The van der Waals surface area contributed by atoms with Crippen LogP contribution in [0, 0.1) is 5.95 Å². The molecule has 1 saturated heterocycles. The number of pyridine rings is 1. The second kappa shape index (κ2) is 11.3. The first-order valence-corrected chi connectivity index (χ1v) is 7.38. The van der Waals surface area contributed by atoms with Crippen LogP contribution in [0.4, 0.5) is 8.71 Å². The van der Waals surface area contributed by atoms with Gasteiger partial charge in [0.25, 0.3) is 5.95 Å². The fraction of sp³-hybridized carbons (Fsp3) is 0.667. The molecule has 0 spiro atoms. The number of rotatable bonds is 12. The lowest BCUT2D eigenvalue weighted by Crippen LogP contribution is -2.13. The van der Waals surface area contributed by atoms with E-state index in [4.69, 9.17) is 18.9 Å². The van der Waals surface area contributed by atoms with E-state index in [0.29, 0.717) is 46.0 Å². The second-order valence-corrected chi connectivity index (χ2v) is 4.95. The molecule has 5 nitrogen and oxygen atoms in total. The van der Waals surface area contributed by atoms with Crippen molar-refractivity contribution in [2.75, 3.05) is 46.2 Å². The molecule has 0 N–H and O–H groups in total. The summed E-state index contributed by atoms with van der Waals surface area (Å²) in [7, 11) is 0. The second-order valence-electron chi connectivity index (χ2n) is 4.95. The van der Waals surface area contributed by atoms with E-state index >= 15 is 0 Å². The maximum atomic E-state index is 13.1. The Bertz CT molecular complexity index is 442. The minimum atomic E-state index is -0.670. The molecule has 1 fully saturated rings. The molecule has 0 saturated carbocycles. The first-order chi connectivity index (χ1) is 10.8. The van der Waals surface area contributed by atoms with Crippen LogP contribution in [0.5, 0.6) is 5.75 Å². The van der Waals surface area contributed by atoms with Crippen molar-refractivity contribution in [1.82, 2.24) is 4.98 Å². The van der Waals surface area contributed by atoms with Gasteiger partial charge in [0.2, 0.25) is 0 Å². The van der Waals surface area contributed by atoms with E-state index in [1.165, 1.54) is 12.3 Å². The maximum Gasteiger partial charge on any atom is 0.352 e. The third-order valence-corrected chi connectivity index (χ3v) is 3.12. The van der Waals surface area contributed by atoms with Crippen molar-refractivity contribution in [3.8, 4) is 5.75 Å². The Hall–Kier alpha value is -1.25. The molecule has 1 aliphatic rings. The Morgan fingerprint density at radius 1 is 1.09 bits per heavy atom. The summed E-state index contributed by atoms with van der Waals surface area (Å²) in [6.07, 6.45) is 1.99. The summed E-state index contributed by atoms with van der Waals surface area (Å²) in [5.74, 6) is -0.422. The molecule has 2 heterocycles. The van der Waals surface area contributed by atoms with Gasteiger partial charge in [-0.1, -0.05) is 7.43 Å². The van der Waals surface area contributed by atoms with Gasteiger partial charge in [-0.25, -0.2) is 4.98 Å². The molecule has 0 bridgehead atoms. The van der Waals surface area contributed by atoms with E-state index in [2.05, 4.69) is 4.98 Å². The van der Waals surface area contributed by atoms with Crippen molar-refractivity contribution in [3.63, 3.8) is 0 Å². The van der Waals surface area contributed by atoms with Gasteiger partial charge in [-0.05, 0) is 24.3 Å². The Labute approximate surface area is 136 Å². The van der Waals surface area contributed by atoms with Crippen molar-refractivity contribution in [2.45, 2.75) is 19.6 Å². The average Bonchev–Trinajstić information content (AvgIpc) is 3.22. The number of halogens is 2. The highest BCUT2D eigenvalue weighted by molar-refractivity contribution is 6.65. The van der Waals surface area contributed by atoms with Crippen LogP contribution in [0.15, 0.2) is 18.3 Å². The van der Waals surface area contributed by atoms with Crippen LogP contribution in [0.3, 0.4) is 0 Å². The molecule has 0 amide bonds. The van der Waals surface area contributed by atoms with E-state index in [9.17, 15) is 8.71 Å². The lowest BCUT2D eigenvalue weighted by atomic mass is 9.96. The minimum Gasteiger partial charge on any atom is -0.486 e. The molecule has 2 rings (SSSR count). The predicted octanol–water partition coefficient (Wildman–Crippen LogP) is 2.63. The van der Waals surface area contributed by atoms with Crippen LogP contribution in [0.1, 0.15) is 7.43 Å². The first kappa shape index (κ1) is 19.8. The summed E-state index contributed by atoms with van der Waals surface area (Å²) < 4.78 is 46.7. The SMILES string of the molecule is C.FB1CC1COCCOCCOCCOc1cccnc1[18F]. The highest BCUT2D eigenvalue weighted by Gasteiger charge is 2.43. The summed E-state index contributed by atoms with van der Waals surface area (Å²) >= 11 is 0. The largest absolute Gasteiger partial charge is 0.486 e. The van der Waals surface area contributed by atoms with Crippen LogP contribution in [-0.4, -0.2) is 58.2 Å². The van der Waals surface area contributed by atoms with Crippen LogP contribution in [-0.2, 0) is 14.2 Å². The Kier molecular flexibility index (Phi) is 9.74. The molecule has 1 unspecified atom stereocenters. The van der Waals surface area contributed by atoms with E-state index in [0.717, 1.165) is 0 Å².